The van der Waals surface area contributed by atoms with E-state index in [4.69, 9.17) is 0 Å². The first-order valence-corrected chi connectivity index (χ1v) is 6.93. The lowest BCUT2D eigenvalue weighted by atomic mass is 10.1. The molecule has 0 aliphatic rings. The molecule has 1 aromatic rings. The van der Waals surface area contributed by atoms with Gasteiger partial charge in [0.1, 0.15) is 5.82 Å². The molecule has 1 rings (SSSR count). The molecule has 0 unspecified atom stereocenters. The molecule has 0 spiro atoms. The molecule has 0 aliphatic carbocycles. The molecule has 102 valence electrons. The second kappa shape index (κ2) is 4.95. The number of halogens is 1. The zero-order valence-electron chi connectivity index (χ0n) is 10.9. The van der Waals surface area contributed by atoms with Crippen LogP contribution < -0.4 is 0 Å². The van der Waals surface area contributed by atoms with E-state index in [1.165, 1.54) is 40.0 Å². The van der Waals surface area contributed by atoms with Crippen molar-refractivity contribution in [2.45, 2.75) is 31.3 Å². The van der Waals surface area contributed by atoms with Gasteiger partial charge in [0.25, 0.3) is 0 Å². The van der Waals surface area contributed by atoms with Crippen LogP contribution in [0.1, 0.15) is 19.4 Å². The summed E-state index contributed by atoms with van der Waals surface area (Å²) >= 11 is 0. The number of hydrogen-bond acceptors (Lipinski definition) is 3. The summed E-state index contributed by atoms with van der Waals surface area (Å²) in [6.07, 6.45) is 0. The van der Waals surface area contributed by atoms with Crippen LogP contribution in [-0.2, 0) is 10.0 Å². The van der Waals surface area contributed by atoms with Crippen molar-refractivity contribution in [1.29, 1.82) is 0 Å². The average molecular weight is 275 g/mol. The van der Waals surface area contributed by atoms with E-state index >= 15 is 0 Å². The fraction of sp³-hybridized carbons (Fsp3) is 0.500. The predicted molar refractivity (Wildman–Crippen MR) is 67.3 cm³/mol. The van der Waals surface area contributed by atoms with Crippen molar-refractivity contribution in [3.8, 4) is 0 Å². The first-order chi connectivity index (χ1) is 8.04. The molecule has 0 saturated heterocycles. The first-order valence-electron chi connectivity index (χ1n) is 5.49. The monoisotopic (exact) mass is 275 g/mol. The van der Waals surface area contributed by atoms with Crippen molar-refractivity contribution in [2.24, 2.45) is 0 Å². The van der Waals surface area contributed by atoms with Gasteiger partial charge in [0.2, 0.25) is 10.0 Å². The van der Waals surface area contributed by atoms with Gasteiger partial charge in [0.15, 0.2) is 0 Å². The maximum Gasteiger partial charge on any atom is 0.242 e. The van der Waals surface area contributed by atoms with Crippen LogP contribution in [-0.4, -0.2) is 37.0 Å². The molecule has 6 heteroatoms. The summed E-state index contributed by atoms with van der Waals surface area (Å²) in [5.41, 5.74) is -0.857. The number of aryl methyl sites for hydroxylation is 1. The van der Waals surface area contributed by atoms with Crippen molar-refractivity contribution in [3.63, 3.8) is 0 Å². The number of aliphatic hydroxyl groups is 1. The molecule has 0 saturated carbocycles. The Hall–Kier alpha value is -0.980. The summed E-state index contributed by atoms with van der Waals surface area (Å²) in [5, 5.41) is 9.63. The number of benzene rings is 1. The van der Waals surface area contributed by atoms with E-state index in [0.29, 0.717) is 0 Å². The molecule has 0 aliphatic heterocycles. The molecule has 0 heterocycles. The van der Waals surface area contributed by atoms with Crippen molar-refractivity contribution in [3.05, 3.63) is 29.6 Å². The lowest BCUT2D eigenvalue weighted by Gasteiger charge is -2.25. The third-order valence-electron chi connectivity index (χ3n) is 2.45. The third kappa shape index (κ3) is 3.51. The Labute approximate surface area is 107 Å². The van der Waals surface area contributed by atoms with E-state index < -0.39 is 21.4 Å². The van der Waals surface area contributed by atoms with Gasteiger partial charge in [-0.15, -0.1) is 0 Å². The standard InChI is InChI=1S/C12H18FNO3S/c1-9-7-10(5-6-11(9)13)18(16,17)14(4)8-12(2,3)15/h5-7,15H,8H2,1-4H3. The lowest BCUT2D eigenvalue weighted by molar-refractivity contribution is 0.0640. The summed E-state index contributed by atoms with van der Waals surface area (Å²) in [7, 11) is -2.32. The van der Waals surface area contributed by atoms with Crippen LogP contribution in [0, 0.1) is 12.7 Å². The molecule has 0 amide bonds. The highest BCUT2D eigenvalue weighted by Crippen LogP contribution is 2.19. The SMILES string of the molecule is Cc1cc(S(=O)(=O)N(C)CC(C)(C)O)ccc1F. The lowest BCUT2D eigenvalue weighted by Crippen LogP contribution is -2.39. The summed E-state index contributed by atoms with van der Waals surface area (Å²) in [5.74, 6) is -0.445. The van der Waals surface area contributed by atoms with Crippen LogP contribution in [0.4, 0.5) is 4.39 Å². The summed E-state index contributed by atoms with van der Waals surface area (Å²) in [6, 6.07) is 3.63. The zero-order chi connectivity index (χ0) is 14.1. The summed E-state index contributed by atoms with van der Waals surface area (Å²) in [6.45, 7) is 4.51. The minimum absolute atomic E-state index is 0.0214. The van der Waals surface area contributed by atoms with Crippen molar-refractivity contribution >= 4 is 10.0 Å². The Morgan fingerprint density at radius 1 is 1.39 bits per heavy atom. The Balaban J connectivity index is 3.10. The fourth-order valence-electron chi connectivity index (χ4n) is 1.59. The van der Waals surface area contributed by atoms with Crippen molar-refractivity contribution in [1.82, 2.24) is 4.31 Å². The highest BCUT2D eigenvalue weighted by molar-refractivity contribution is 7.89. The third-order valence-corrected chi connectivity index (χ3v) is 4.25. The van der Waals surface area contributed by atoms with E-state index in [1.54, 1.807) is 0 Å². The van der Waals surface area contributed by atoms with Crippen LogP contribution in [0.15, 0.2) is 23.1 Å². The van der Waals surface area contributed by atoms with Gasteiger partial charge >= 0.3 is 0 Å². The summed E-state index contributed by atoms with van der Waals surface area (Å²) in [4.78, 5) is 0.0214. The highest BCUT2D eigenvalue weighted by atomic mass is 32.2. The Morgan fingerprint density at radius 3 is 2.39 bits per heavy atom. The zero-order valence-corrected chi connectivity index (χ0v) is 11.8. The van der Waals surface area contributed by atoms with Crippen LogP contribution in [0.25, 0.3) is 0 Å². The first kappa shape index (κ1) is 15.1. The number of likely N-dealkylation sites (N-methyl/N-ethyl adjacent to an activating group) is 1. The predicted octanol–water partition coefficient (Wildman–Crippen LogP) is 1.53. The molecule has 0 bridgehead atoms. The molecular weight excluding hydrogens is 257 g/mol. The molecule has 0 atom stereocenters. The molecular formula is C12H18FNO3S. The molecule has 18 heavy (non-hydrogen) atoms. The maximum absolute atomic E-state index is 13.1. The largest absolute Gasteiger partial charge is 0.389 e. The van der Waals surface area contributed by atoms with E-state index in [2.05, 4.69) is 0 Å². The second-order valence-electron chi connectivity index (χ2n) is 4.98. The van der Waals surface area contributed by atoms with Gasteiger partial charge < -0.3 is 5.11 Å². The number of rotatable bonds is 4. The van der Waals surface area contributed by atoms with Gasteiger partial charge in [-0.3, -0.25) is 0 Å². The quantitative estimate of drug-likeness (QED) is 0.906. The molecule has 1 aromatic carbocycles. The normalized spacial score (nSPS) is 13.1. The Bertz CT molecular complexity index is 535. The van der Waals surface area contributed by atoms with Crippen molar-refractivity contribution < 1.29 is 17.9 Å². The van der Waals surface area contributed by atoms with Gasteiger partial charge in [-0.25, -0.2) is 12.8 Å². The van der Waals surface area contributed by atoms with Gasteiger partial charge in [-0.2, -0.15) is 4.31 Å². The van der Waals surface area contributed by atoms with Gasteiger partial charge in [0.05, 0.1) is 10.5 Å². The Morgan fingerprint density at radius 2 is 1.94 bits per heavy atom. The van der Waals surface area contributed by atoms with E-state index in [0.717, 1.165) is 10.4 Å². The molecule has 4 nitrogen and oxygen atoms in total. The molecule has 0 aromatic heterocycles. The second-order valence-corrected chi connectivity index (χ2v) is 7.03. The molecule has 1 N–H and O–H groups in total. The molecule has 0 fully saturated rings. The smallest absolute Gasteiger partial charge is 0.242 e. The average Bonchev–Trinajstić information content (AvgIpc) is 2.19. The topological polar surface area (TPSA) is 57.6 Å². The van der Waals surface area contributed by atoms with Crippen LogP contribution >= 0.6 is 0 Å². The van der Waals surface area contributed by atoms with E-state index in [-0.39, 0.29) is 17.0 Å². The highest BCUT2D eigenvalue weighted by Gasteiger charge is 2.26. The van der Waals surface area contributed by atoms with Gasteiger partial charge in [0, 0.05) is 13.6 Å². The van der Waals surface area contributed by atoms with Gasteiger partial charge in [-0.1, -0.05) is 0 Å². The fourth-order valence-corrected chi connectivity index (χ4v) is 3.00. The van der Waals surface area contributed by atoms with Crippen LogP contribution in [0.5, 0.6) is 0 Å². The number of sulfonamides is 1. The van der Waals surface area contributed by atoms with Crippen LogP contribution in [0.2, 0.25) is 0 Å². The molecule has 0 radical (unpaired) electrons. The van der Waals surface area contributed by atoms with Crippen molar-refractivity contribution in [2.75, 3.05) is 13.6 Å². The number of hydrogen-bond donors (Lipinski definition) is 1. The van der Waals surface area contributed by atoms with E-state index in [1.807, 2.05) is 0 Å². The maximum atomic E-state index is 13.1. The van der Waals surface area contributed by atoms with Crippen LogP contribution in [0.3, 0.4) is 0 Å². The minimum Gasteiger partial charge on any atom is -0.389 e. The minimum atomic E-state index is -3.70. The van der Waals surface area contributed by atoms with Gasteiger partial charge in [-0.05, 0) is 44.5 Å². The van der Waals surface area contributed by atoms with E-state index in [9.17, 15) is 17.9 Å². The number of nitrogens with zero attached hydrogens (tertiary/aromatic N) is 1. The Kier molecular flexibility index (Phi) is 4.15. The summed E-state index contributed by atoms with van der Waals surface area (Å²) < 4.78 is 38.5.